The van der Waals surface area contributed by atoms with Crippen LogP contribution in [0.2, 0.25) is 0 Å². The van der Waals surface area contributed by atoms with E-state index in [1.54, 1.807) is 0 Å². The SMILES string of the molecule is O=C(O)c1occc1CS(=O)(=O)C1CCOCC1. The first kappa shape index (κ1) is 13.1. The lowest BCUT2D eigenvalue weighted by atomic mass is 10.2. The molecule has 7 heteroatoms. The second-order valence-electron chi connectivity index (χ2n) is 4.20. The van der Waals surface area contributed by atoms with Gasteiger partial charge in [-0.15, -0.1) is 0 Å². The number of rotatable bonds is 4. The zero-order valence-corrected chi connectivity index (χ0v) is 10.5. The van der Waals surface area contributed by atoms with Gasteiger partial charge in [0.1, 0.15) is 0 Å². The Morgan fingerprint density at radius 1 is 1.39 bits per heavy atom. The van der Waals surface area contributed by atoms with Crippen LogP contribution < -0.4 is 0 Å². The summed E-state index contributed by atoms with van der Waals surface area (Å²) in [5.74, 6) is -1.85. The van der Waals surface area contributed by atoms with E-state index in [0.717, 1.165) is 0 Å². The fourth-order valence-electron chi connectivity index (χ4n) is 2.01. The molecule has 1 fully saturated rings. The van der Waals surface area contributed by atoms with E-state index in [1.165, 1.54) is 12.3 Å². The number of carbonyl (C=O) groups is 1. The molecule has 0 saturated carbocycles. The molecule has 1 aliphatic rings. The standard InChI is InChI=1S/C11H14O6S/c12-11(13)10-8(1-6-17-10)7-18(14,15)9-2-4-16-5-3-9/h1,6,9H,2-5,7H2,(H,12,13). The Bertz CT molecular complexity index is 523. The van der Waals surface area contributed by atoms with Crippen molar-refractivity contribution in [3.63, 3.8) is 0 Å². The van der Waals surface area contributed by atoms with E-state index in [1.807, 2.05) is 0 Å². The smallest absolute Gasteiger partial charge is 0.372 e. The zero-order chi connectivity index (χ0) is 13.2. The molecule has 1 saturated heterocycles. The molecular weight excluding hydrogens is 260 g/mol. The second-order valence-corrected chi connectivity index (χ2v) is 6.48. The van der Waals surface area contributed by atoms with Gasteiger partial charge in [-0.1, -0.05) is 0 Å². The Hall–Kier alpha value is -1.34. The largest absolute Gasteiger partial charge is 0.475 e. The lowest BCUT2D eigenvalue weighted by Crippen LogP contribution is -2.30. The van der Waals surface area contributed by atoms with E-state index in [9.17, 15) is 13.2 Å². The van der Waals surface area contributed by atoms with Crippen molar-refractivity contribution in [3.8, 4) is 0 Å². The minimum atomic E-state index is -3.37. The van der Waals surface area contributed by atoms with Crippen LogP contribution in [0.5, 0.6) is 0 Å². The van der Waals surface area contributed by atoms with E-state index in [2.05, 4.69) is 0 Å². The van der Waals surface area contributed by atoms with Crippen molar-refractivity contribution < 1.29 is 27.5 Å². The van der Waals surface area contributed by atoms with Crippen LogP contribution in [0.15, 0.2) is 16.7 Å². The average molecular weight is 274 g/mol. The predicted molar refractivity (Wildman–Crippen MR) is 62.1 cm³/mol. The Kier molecular flexibility index (Phi) is 3.72. The fraction of sp³-hybridized carbons (Fsp3) is 0.545. The summed E-state index contributed by atoms with van der Waals surface area (Å²) in [6.45, 7) is 0.863. The number of sulfone groups is 1. The molecule has 0 spiro atoms. The van der Waals surface area contributed by atoms with Crippen LogP contribution in [0.25, 0.3) is 0 Å². The van der Waals surface area contributed by atoms with Crippen LogP contribution in [0.1, 0.15) is 29.0 Å². The van der Waals surface area contributed by atoms with Gasteiger partial charge in [0.15, 0.2) is 9.84 Å². The van der Waals surface area contributed by atoms with Gasteiger partial charge < -0.3 is 14.3 Å². The maximum absolute atomic E-state index is 12.1. The maximum atomic E-state index is 12.1. The molecule has 0 unspecified atom stereocenters. The van der Waals surface area contributed by atoms with Crippen molar-refractivity contribution in [2.24, 2.45) is 0 Å². The molecule has 0 amide bonds. The molecule has 2 rings (SSSR count). The first-order valence-electron chi connectivity index (χ1n) is 5.59. The summed E-state index contributed by atoms with van der Waals surface area (Å²) in [5, 5.41) is 8.40. The predicted octanol–water partition coefficient (Wildman–Crippen LogP) is 1.07. The van der Waals surface area contributed by atoms with Gasteiger partial charge >= 0.3 is 5.97 Å². The van der Waals surface area contributed by atoms with E-state index >= 15 is 0 Å². The quantitative estimate of drug-likeness (QED) is 0.882. The van der Waals surface area contributed by atoms with Gasteiger partial charge in [-0.2, -0.15) is 0 Å². The topological polar surface area (TPSA) is 93.8 Å². The number of aromatic carboxylic acids is 1. The van der Waals surface area contributed by atoms with E-state index < -0.39 is 21.1 Å². The first-order valence-corrected chi connectivity index (χ1v) is 7.31. The van der Waals surface area contributed by atoms with Gasteiger partial charge in [-0.3, -0.25) is 0 Å². The van der Waals surface area contributed by atoms with Crippen molar-refractivity contribution in [1.82, 2.24) is 0 Å². The Balaban J connectivity index is 2.16. The van der Waals surface area contributed by atoms with Gasteiger partial charge in [0.25, 0.3) is 0 Å². The van der Waals surface area contributed by atoms with Crippen molar-refractivity contribution in [2.75, 3.05) is 13.2 Å². The summed E-state index contributed by atoms with van der Waals surface area (Å²) in [6, 6.07) is 1.39. The van der Waals surface area contributed by atoms with E-state index in [0.29, 0.717) is 26.1 Å². The van der Waals surface area contributed by atoms with Gasteiger partial charge in [0.05, 0.1) is 17.3 Å². The molecule has 1 N–H and O–H groups in total. The zero-order valence-electron chi connectivity index (χ0n) is 9.66. The summed E-state index contributed by atoms with van der Waals surface area (Å²) in [6.07, 6.45) is 2.11. The summed E-state index contributed by atoms with van der Waals surface area (Å²) >= 11 is 0. The molecule has 6 nitrogen and oxygen atoms in total. The molecular formula is C11H14O6S. The Morgan fingerprint density at radius 2 is 2.06 bits per heavy atom. The summed E-state index contributed by atoms with van der Waals surface area (Å²) in [4.78, 5) is 10.8. The van der Waals surface area contributed by atoms with Crippen LogP contribution in [0.3, 0.4) is 0 Å². The fourth-order valence-corrected chi connectivity index (χ4v) is 3.81. The van der Waals surface area contributed by atoms with Crippen LogP contribution in [0, 0.1) is 0 Å². The Labute approximate surface area is 104 Å². The number of carboxylic acid groups (broad SMARTS) is 1. The third kappa shape index (κ3) is 2.73. The molecule has 0 aromatic carbocycles. The number of furan rings is 1. The van der Waals surface area contributed by atoms with Crippen molar-refractivity contribution >= 4 is 15.8 Å². The second kappa shape index (κ2) is 5.11. The summed E-state index contributed by atoms with van der Waals surface area (Å²) in [5.41, 5.74) is 0.203. The normalized spacial score (nSPS) is 17.8. The molecule has 18 heavy (non-hydrogen) atoms. The minimum Gasteiger partial charge on any atom is -0.475 e. The van der Waals surface area contributed by atoms with Crippen molar-refractivity contribution in [2.45, 2.75) is 23.8 Å². The van der Waals surface area contributed by atoms with Crippen LogP contribution in [0.4, 0.5) is 0 Å². The van der Waals surface area contributed by atoms with Gasteiger partial charge in [-0.05, 0) is 18.9 Å². The molecule has 0 radical (unpaired) electrons. The van der Waals surface area contributed by atoms with Gasteiger partial charge in [0, 0.05) is 18.8 Å². The first-order chi connectivity index (χ1) is 8.50. The molecule has 1 aromatic rings. The van der Waals surface area contributed by atoms with Crippen LogP contribution in [-0.4, -0.2) is 38.0 Å². The third-order valence-electron chi connectivity index (χ3n) is 2.97. The summed E-state index contributed by atoms with van der Waals surface area (Å²) in [7, 11) is -3.37. The summed E-state index contributed by atoms with van der Waals surface area (Å²) < 4.78 is 34.2. The van der Waals surface area contributed by atoms with Gasteiger partial charge in [0.2, 0.25) is 5.76 Å². The van der Waals surface area contributed by atoms with Gasteiger partial charge in [-0.25, -0.2) is 13.2 Å². The van der Waals surface area contributed by atoms with E-state index in [4.69, 9.17) is 14.3 Å². The molecule has 100 valence electrons. The highest BCUT2D eigenvalue weighted by molar-refractivity contribution is 7.91. The lowest BCUT2D eigenvalue weighted by molar-refractivity contribution is 0.0661. The average Bonchev–Trinajstić information content (AvgIpc) is 2.78. The molecule has 0 bridgehead atoms. The minimum absolute atomic E-state index is 0.203. The molecule has 1 aliphatic heterocycles. The molecule has 2 heterocycles. The molecule has 1 aromatic heterocycles. The number of carboxylic acids is 1. The maximum Gasteiger partial charge on any atom is 0.372 e. The number of ether oxygens (including phenoxy) is 1. The monoisotopic (exact) mass is 274 g/mol. The van der Waals surface area contributed by atoms with Crippen LogP contribution in [-0.2, 0) is 20.3 Å². The lowest BCUT2D eigenvalue weighted by Gasteiger charge is -2.21. The number of hydrogen-bond donors (Lipinski definition) is 1. The highest BCUT2D eigenvalue weighted by Crippen LogP contribution is 2.22. The highest BCUT2D eigenvalue weighted by atomic mass is 32.2. The van der Waals surface area contributed by atoms with Crippen molar-refractivity contribution in [1.29, 1.82) is 0 Å². The molecule has 0 aliphatic carbocycles. The van der Waals surface area contributed by atoms with Crippen LogP contribution >= 0.6 is 0 Å². The third-order valence-corrected chi connectivity index (χ3v) is 5.17. The highest BCUT2D eigenvalue weighted by Gasteiger charge is 2.30. The Morgan fingerprint density at radius 3 is 2.67 bits per heavy atom. The number of hydrogen-bond acceptors (Lipinski definition) is 5. The molecule has 0 atom stereocenters. The van der Waals surface area contributed by atoms with E-state index in [-0.39, 0.29) is 17.1 Å². The van der Waals surface area contributed by atoms with Crippen molar-refractivity contribution in [3.05, 3.63) is 23.7 Å².